The summed E-state index contributed by atoms with van der Waals surface area (Å²) in [6.45, 7) is 1.43. The molecule has 84 valence electrons. The molecule has 0 aliphatic carbocycles. The molecule has 1 aromatic carbocycles. The topological polar surface area (TPSA) is 43.1 Å². The van der Waals surface area contributed by atoms with Gasteiger partial charge in [-0.05, 0) is 12.1 Å². The van der Waals surface area contributed by atoms with Crippen LogP contribution in [0.1, 0.15) is 12.5 Å². The fraction of sp³-hybridized carbons (Fsp3) is 0.182. The zero-order valence-electron chi connectivity index (χ0n) is 8.51. The van der Waals surface area contributed by atoms with E-state index in [2.05, 4.69) is 11.8 Å². The summed E-state index contributed by atoms with van der Waals surface area (Å²) < 4.78 is 26.0. The zero-order valence-corrected chi connectivity index (χ0v) is 9.33. The molecule has 2 nitrogen and oxygen atoms in total. The van der Waals surface area contributed by atoms with Gasteiger partial charge >= 0.3 is 0 Å². The first-order chi connectivity index (χ1) is 7.50. The molecule has 0 bridgehead atoms. The van der Waals surface area contributed by atoms with Crippen LogP contribution in [0.4, 0.5) is 14.5 Å². The molecule has 2 N–H and O–H groups in total. The van der Waals surface area contributed by atoms with Crippen molar-refractivity contribution < 1.29 is 13.6 Å². The summed E-state index contributed by atoms with van der Waals surface area (Å²) in [4.78, 5) is 10.6. The van der Waals surface area contributed by atoms with Gasteiger partial charge in [0.2, 0.25) is 0 Å². The van der Waals surface area contributed by atoms with E-state index in [9.17, 15) is 13.6 Å². The number of hydrogen-bond acceptors (Lipinski definition) is 3. The van der Waals surface area contributed by atoms with Crippen LogP contribution in [0.3, 0.4) is 0 Å². The number of benzene rings is 1. The summed E-state index contributed by atoms with van der Waals surface area (Å²) in [5.41, 5.74) is 4.79. The molecule has 0 spiro atoms. The van der Waals surface area contributed by atoms with Gasteiger partial charge < -0.3 is 5.73 Å². The average molecular weight is 241 g/mol. The maximum absolute atomic E-state index is 13.0. The Kier molecular flexibility index (Phi) is 4.32. The Morgan fingerprint density at radius 2 is 2.00 bits per heavy atom. The molecular weight excluding hydrogens is 232 g/mol. The van der Waals surface area contributed by atoms with Gasteiger partial charge in [0.05, 0.1) is 5.75 Å². The Bertz CT molecular complexity index is 454. The molecule has 0 aliphatic rings. The lowest BCUT2D eigenvalue weighted by Crippen LogP contribution is -1.96. The summed E-state index contributed by atoms with van der Waals surface area (Å²) in [5.74, 6) is 3.81. The molecule has 1 rings (SSSR count). The van der Waals surface area contributed by atoms with Crippen molar-refractivity contribution in [2.45, 2.75) is 6.92 Å². The van der Waals surface area contributed by atoms with Crippen LogP contribution in [0.2, 0.25) is 0 Å². The first-order valence-electron chi connectivity index (χ1n) is 4.37. The molecule has 0 heterocycles. The number of nitrogen functional groups attached to an aromatic ring is 1. The standard InChI is InChI=1S/C11H9F2NOS/c1-7(15)16-4-2-3-8-5-9(12)11(14)10(13)6-8/h5-6H,4,14H2,1H3. The van der Waals surface area contributed by atoms with Gasteiger partial charge in [-0.1, -0.05) is 23.6 Å². The Hall–Kier alpha value is -1.54. The third kappa shape index (κ3) is 3.55. The molecule has 0 saturated carbocycles. The number of anilines is 1. The minimum atomic E-state index is -0.830. The van der Waals surface area contributed by atoms with E-state index < -0.39 is 17.3 Å². The predicted octanol–water partition coefficient (Wildman–Crippen LogP) is 2.18. The second-order valence-electron chi connectivity index (χ2n) is 2.94. The second-order valence-corrected chi connectivity index (χ2v) is 4.09. The molecule has 0 aliphatic heterocycles. The smallest absolute Gasteiger partial charge is 0.186 e. The lowest BCUT2D eigenvalue weighted by Gasteiger charge is -1.98. The first-order valence-corrected chi connectivity index (χ1v) is 5.36. The van der Waals surface area contributed by atoms with Gasteiger partial charge in [0.1, 0.15) is 17.3 Å². The van der Waals surface area contributed by atoms with Gasteiger partial charge in [0.15, 0.2) is 5.12 Å². The van der Waals surface area contributed by atoms with Gasteiger partial charge in [-0.2, -0.15) is 0 Å². The maximum atomic E-state index is 13.0. The van der Waals surface area contributed by atoms with Crippen LogP contribution in [0.25, 0.3) is 0 Å². The molecule has 0 radical (unpaired) electrons. The maximum Gasteiger partial charge on any atom is 0.186 e. The lowest BCUT2D eigenvalue weighted by atomic mass is 10.2. The van der Waals surface area contributed by atoms with Crippen LogP contribution in [0, 0.1) is 23.5 Å². The van der Waals surface area contributed by atoms with Gasteiger partial charge in [0, 0.05) is 12.5 Å². The van der Waals surface area contributed by atoms with E-state index in [1.807, 2.05) is 0 Å². The van der Waals surface area contributed by atoms with E-state index in [0.717, 1.165) is 23.9 Å². The van der Waals surface area contributed by atoms with Crippen LogP contribution in [-0.4, -0.2) is 10.9 Å². The van der Waals surface area contributed by atoms with E-state index in [-0.39, 0.29) is 10.7 Å². The summed E-state index contributed by atoms with van der Waals surface area (Å²) in [6, 6.07) is 2.12. The predicted molar refractivity (Wildman–Crippen MR) is 60.8 cm³/mol. The molecular formula is C11H9F2NOS. The highest BCUT2D eigenvalue weighted by atomic mass is 32.2. The normalized spacial score (nSPS) is 9.44. The minimum Gasteiger partial charge on any atom is -0.394 e. The van der Waals surface area contributed by atoms with Crippen molar-refractivity contribution >= 4 is 22.6 Å². The number of thioether (sulfide) groups is 1. The molecule has 0 amide bonds. The third-order valence-electron chi connectivity index (χ3n) is 1.66. The van der Waals surface area contributed by atoms with Crippen molar-refractivity contribution in [3.63, 3.8) is 0 Å². The number of hydrogen-bond donors (Lipinski definition) is 1. The number of rotatable bonds is 1. The third-order valence-corrected chi connectivity index (χ3v) is 2.35. The van der Waals surface area contributed by atoms with Crippen molar-refractivity contribution in [3.8, 4) is 11.8 Å². The average Bonchev–Trinajstić information content (AvgIpc) is 2.20. The van der Waals surface area contributed by atoms with Crippen molar-refractivity contribution in [1.82, 2.24) is 0 Å². The molecule has 0 unspecified atom stereocenters. The fourth-order valence-electron chi connectivity index (χ4n) is 0.932. The van der Waals surface area contributed by atoms with E-state index in [1.54, 1.807) is 0 Å². The van der Waals surface area contributed by atoms with Crippen molar-refractivity contribution in [2.24, 2.45) is 0 Å². The number of halogens is 2. The first kappa shape index (κ1) is 12.5. The van der Waals surface area contributed by atoms with E-state index in [4.69, 9.17) is 5.73 Å². The van der Waals surface area contributed by atoms with Crippen molar-refractivity contribution in [1.29, 1.82) is 0 Å². The van der Waals surface area contributed by atoms with Gasteiger partial charge in [-0.25, -0.2) is 8.78 Å². The summed E-state index contributed by atoms with van der Waals surface area (Å²) in [6.07, 6.45) is 0. The highest BCUT2D eigenvalue weighted by Crippen LogP contribution is 2.16. The molecule has 0 fully saturated rings. The van der Waals surface area contributed by atoms with Crippen LogP contribution in [0.15, 0.2) is 12.1 Å². The Morgan fingerprint density at radius 1 is 1.44 bits per heavy atom. The molecule has 1 aromatic rings. The highest BCUT2D eigenvalue weighted by Gasteiger charge is 2.05. The SMILES string of the molecule is CC(=O)SCC#Cc1cc(F)c(N)c(F)c1. The van der Waals surface area contributed by atoms with Crippen LogP contribution >= 0.6 is 11.8 Å². The van der Waals surface area contributed by atoms with Gasteiger partial charge in [-0.15, -0.1) is 0 Å². The zero-order chi connectivity index (χ0) is 12.1. The monoisotopic (exact) mass is 241 g/mol. The molecule has 5 heteroatoms. The minimum absolute atomic E-state index is 0.0519. The Morgan fingerprint density at radius 3 is 2.50 bits per heavy atom. The number of carbonyl (C=O) groups excluding carboxylic acids is 1. The lowest BCUT2D eigenvalue weighted by molar-refractivity contribution is -0.109. The Balaban J connectivity index is 2.78. The Labute approximate surface area is 96.2 Å². The van der Waals surface area contributed by atoms with Crippen molar-refractivity contribution in [2.75, 3.05) is 11.5 Å². The molecule has 0 saturated heterocycles. The quantitative estimate of drug-likeness (QED) is 0.605. The summed E-state index contributed by atoms with van der Waals surface area (Å²) >= 11 is 1.04. The van der Waals surface area contributed by atoms with Gasteiger partial charge in [-0.3, -0.25) is 4.79 Å². The number of nitrogens with two attached hydrogens (primary N) is 1. The van der Waals surface area contributed by atoms with Crippen LogP contribution in [0.5, 0.6) is 0 Å². The summed E-state index contributed by atoms with van der Waals surface area (Å²) in [5, 5.41) is -0.0519. The molecule has 0 aromatic heterocycles. The van der Waals surface area contributed by atoms with Crippen LogP contribution in [-0.2, 0) is 4.79 Å². The molecule has 0 atom stereocenters. The highest BCUT2D eigenvalue weighted by molar-refractivity contribution is 8.13. The second kappa shape index (κ2) is 5.52. The largest absolute Gasteiger partial charge is 0.394 e. The fourth-order valence-corrected chi connectivity index (χ4v) is 1.28. The van der Waals surface area contributed by atoms with Crippen molar-refractivity contribution in [3.05, 3.63) is 29.3 Å². The molecule has 16 heavy (non-hydrogen) atoms. The summed E-state index contributed by atoms with van der Waals surface area (Å²) in [7, 11) is 0. The number of carbonyl (C=O) groups is 1. The van der Waals surface area contributed by atoms with Gasteiger partial charge in [0.25, 0.3) is 0 Å². The van der Waals surface area contributed by atoms with E-state index in [0.29, 0.717) is 5.75 Å². The van der Waals surface area contributed by atoms with Crippen LogP contribution < -0.4 is 5.73 Å². The van der Waals surface area contributed by atoms with E-state index >= 15 is 0 Å². The van der Waals surface area contributed by atoms with E-state index in [1.165, 1.54) is 6.92 Å².